The van der Waals surface area contributed by atoms with Crippen molar-refractivity contribution in [3.05, 3.63) is 44.7 Å². The Morgan fingerprint density at radius 3 is 2.86 bits per heavy atom. The molecule has 8 heteroatoms. The summed E-state index contributed by atoms with van der Waals surface area (Å²) in [5, 5.41) is 6.93. The zero-order valence-corrected chi connectivity index (χ0v) is 13.7. The van der Waals surface area contributed by atoms with Crippen molar-refractivity contribution in [2.75, 3.05) is 11.9 Å². The Balaban J connectivity index is 1.74. The molecule has 0 aliphatic carbocycles. The summed E-state index contributed by atoms with van der Waals surface area (Å²) in [4.78, 5) is 27.1. The third-order valence-electron chi connectivity index (χ3n) is 2.63. The highest BCUT2D eigenvalue weighted by atomic mass is 35.5. The van der Waals surface area contributed by atoms with Crippen LogP contribution in [0.3, 0.4) is 0 Å². The molecular weight excluding hydrogens is 347 g/mol. The van der Waals surface area contributed by atoms with Gasteiger partial charge in [0.05, 0.1) is 10.0 Å². The van der Waals surface area contributed by atoms with E-state index in [1.54, 1.807) is 11.3 Å². The van der Waals surface area contributed by atoms with Crippen LogP contribution in [0, 0.1) is 0 Å². The van der Waals surface area contributed by atoms with Crippen LogP contribution in [0.4, 0.5) is 5.82 Å². The average Bonchev–Trinajstić information content (AvgIpc) is 2.99. The minimum Gasteiger partial charge on any atom is -0.456 e. The van der Waals surface area contributed by atoms with E-state index in [-0.39, 0.29) is 23.9 Å². The second-order valence-electron chi connectivity index (χ2n) is 4.32. The van der Waals surface area contributed by atoms with Gasteiger partial charge < -0.3 is 10.1 Å². The highest BCUT2D eigenvalue weighted by Crippen LogP contribution is 2.22. The van der Waals surface area contributed by atoms with Gasteiger partial charge in [-0.3, -0.25) is 9.59 Å². The normalized spacial score (nSPS) is 10.3. The molecule has 0 spiro atoms. The Morgan fingerprint density at radius 2 is 2.18 bits per heavy atom. The van der Waals surface area contributed by atoms with Crippen molar-refractivity contribution < 1.29 is 14.3 Å². The van der Waals surface area contributed by atoms with E-state index in [2.05, 4.69) is 10.3 Å². The number of nitrogens with zero attached hydrogens (tertiary/aromatic N) is 1. The monoisotopic (exact) mass is 358 g/mol. The molecule has 0 fully saturated rings. The summed E-state index contributed by atoms with van der Waals surface area (Å²) in [6.07, 6.45) is 2.17. The van der Waals surface area contributed by atoms with E-state index in [1.807, 2.05) is 16.8 Å². The second kappa shape index (κ2) is 8.12. The molecule has 0 bridgehead atoms. The Bertz CT molecular complexity index is 662. The lowest BCUT2D eigenvalue weighted by Crippen LogP contribution is -2.21. The van der Waals surface area contributed by atoms with Crippen molar-refractivity contribution in [3.63, 3.8) is 0 Å². The number of rotatable bonds is 6. The molecule has 2 aromatic heterocycles. The van der Waals surface area contributed by atoms with Crippen molar-refractivity contribution in [2.45, 2.75) is 12.8 Å². The van der Waals surface area contributed by atoms with Crippen LogP contribution in [0.1, 0.15) is 12.0 Å². The van der Waals surface area contributed by atoms with Gasteiger partial charge in [-0.25, -0.2) is 4.98 Å². The number of nitrogens with one attached hydrogen (secondary N) is 1. The number of carbonyl (C=O) groups excluding carboxylic acids is 2. The molecule has 0 atom stereocenters. The van der Waals surface area contributed by atoms with Gasteiger partial charge in [-0.2, -0.15) is 11.3 Å². The fourth-order valence-corrected chi connectivity index (χ4v) is 2.70. The number of halogens is 2. The summed E-state index contributed by atoms with van der Waals surface area (Å²) < 4.78 is 4.89. The molecule has 22 heavy (non-hydrogen) atoms. The summed E-state index contributed by atoms with van der Waals surface area (Å²) >= 11 is 13.1. The van der Waals surface area contributed by atoms with Crippen LogP contribution in [-0.2, 0) is 20.7 Å². The molecule has 0 aliphatic rings. The number of anilines is 1. The van der Waals surface area contributed by atoms with E-state index >= 15 is 0 Å². The molecule has 2 aromatic rings. The number of hydrogen-bond acceptors (Lipinski definition) is 5. The molecule has 5 nitrogen and oxygen atoms in total. The van der Waals surface area contributed by atoms with Crippen LogP contribution >= 0.6 is 34.5 Å². The van der Waals surface area contributed by atoms with Crippen LogP contribution in [0.2, 0.25) is 10.0 Å². The number of ether oxygens (including phenoxy) is 1. The lowest BCUT2D eigenvalue weighted by molar-refractivity contribution is -0.147. The second-order valence-corrected chi connectivity index (χ2v) is 5.95. The predicted octanol–water partition coefficient (Wildman–Crippen LogP) is 3.56. The van der Waals surface area contributed by atoms with Crippen LogP contribution in [-0.4, -0.2) is 23.5 Å². The predicted molar refractivity (Wildman–Crippen MR) is 86.5 cm³/mol. The van der Waals surface area contributed by atoms with Gasteiger partial charge in [0.25, 0.3) is 5.91 Å². The minimum absolute atomic E-state index is 0.172. The molecule has 0 unspecified atom stereocenters. The molecule has 1 N–H and O–H groups in total. The number of carbonyl (C=O) groups is 2. The number of hydrogen-bond donors (Lipinski definition) is 1. The molecule has 1 amide bonds. The van der Waals surface area contributed by atoms with E-state index in [0.29, 0.717) is 11.4 Å². The standard InChI is InChI=1S/C14H12Cl2N2O3S/c15-10-5-11(16)14(17-6-10)18-12(19)7-21-13(20)2-1-9-3-4-22-8-9/h3-6,8H,1-2,7H2,(H,17,18,19). The maximum Gasteiger partial charge on any atom is 0.306 e. The first-order chi connectivity index (χ1) is 10.5. The molecule has 116 valence electrons. The summed E-state index contributed by atoms with van der Waals surface area (Å²) in [5.74, 6) is -0.775. The van der Waals surface area contributed by atoms with E-state index in [1.165, 1.54) is 12.3 Å². The largest absolute Gasteiger partial charge is 0.456 e. The average molecular weight is 359 g/mol. The van der Waals surface area contributed by atoms with Gasteiger partial charge in [0, 0.05) is 12.6 Å². The van der Waals surface area contributed by atoms with Crippen LogP contribution < -0.4 is 5.32 Å². The van der Waals surface area contributed by atoms with Crippen molar-refractivity contribution >= 4 is 52.2 Å². The van der Waals surface area contributed by atoms with Gasteiger partial charge >= 0.3 is 5.97 Å². The van der Waals surface area contributed by atoms with Crippen LogP contribution in [0.15, 0.2) is 29.1 Å². The summed E-state index contributed by atoms with van der Waals surface area (Å²) in [7, 11) is 0. The Labute approximate surface area is 141 Å². The van der Waals surface area contributed by atoms with Gasteiger partial charge in [0.1, 0.15) is 0 Å². The summed E-state index contributed by atoms with van der Waals surface area (Å²) in [6.45, 7) is -0.386. The number of aryl methyl sites for hydroxylation is 1. The summed E-state index contributed by atoms with van der Waals surface area (Å²) in [6, 6.07) is 3.40. The van der Waals surface area contributed by atoms with Gasteiger partial charge in [0.15, 0.2) is 12.4 Å². The SMILES string of the molecule is O=C(COC(=O)CCc1ccsc1)Nc1ncc(Cl)cc1Cl. The first-order valence-electron chi connectivity index (χ1n) is 6.32. The topological polar surface area (TPSA) is 68.3 Å². The number of pyridine rings is 1. The zero-order valence-electron chi connectivity index (χ0n) is 11.3. The molecule has 0 radical (unpaired) electrons. The number of thiophene rings is 1. The lowest BCUT2D eigenvalue weighted by Gasteiger charge is -2.07. The van der Waals surface area contributed by atoms with E-state index < -0.39 is 11.9 Å². The van der Waals surface area contributed by atoms with E-state index in [4.69, 9.17) is 27.9 Å². The number of amides is 1. The Kier molecular flexibility index (Phi) is 6.18. The van der Waals surface area contributed by atoms with Crippen LogP contribution in [0.25, 0.3) is 0 Å². The molecule has 0 saturated heterocycles. The zero-order chi connectivity index (χ0) is 15.9. The van der Waals surface area contributed by atoms with Crippen molar-refractivity contribution in [2.24, 2.45) is 0 Å². The third kappa shape index (κ3) is 5.29. The van der Waals surface area contributed by atoms with Gasteiger partial charge in [-0.05, 0) is 34.9 Å². The lowest BCUT2D eigenvalue weighted by atomic mass is 10.2. The Morgan fingerprint density at radius 1 is 1.36 bits per heavy atom. The van der Waals surface area contributed by atoms with Crippen molar-refractivity contribution in [1.29, 1.82) is 0 Å². The van der Waals surface area contributed by atoms with E-state index in [9.17, 15) is 9.59 Å². The fraction of sp³-hybridized carbons (Fsp3) is 0.214. The molecule has 0 saturated carbocycles. The molecule has 2 rings (SSSR count). The maximum absolute atomic E-state index is 11.7. The molecule has 0 aliphatic heterocycles. The third-order valence-corrected chi connectivity index (χ3v) is 3.85. The first-order valence-corrected chi connectivity index (χ1v) is 8.02. The quantitative estimate of drug-likeness (QED) is 0.801. The highest BCUT2D eigenvalue weighted by Gasteiger charge is 2.11. The number of aromatic nitrogens is 1. The molecule has 0 aromatic carbocycles. The number of esters is 1. The van der Waals surface area contributed by atoms with Crippen molar-refractivity contribution in [3.8, 4) is 0 Å². The van der Waals surface area contributed by atoms with Crippen LogP contribution in [0.5, 0.6) is 0 Å². The smallest absolute Gasteiger partial charge is 0.306 e. The summed E-state index contributed by atoms with van der Waals surface area (Å²) in [5.41, 5.74) is 1.07. The molecular formula is C14H12Cl2N2O3S. The fourth-order valence-electron chi connectivity index (χ4n) is 1.57. The minimum atomic E-state index is -0.513. The first kappa shape index (κ1) is 16.7. The van der Waals surface area contributed by atoms with Gasteiger partial charge in [-0.15, -0.1) is 0 Å². The van der Waals surface area contributed by atoms with Gasteiger partial charge in [-0.1, -0.05) is 23.2 Å². The Hall–Kier alpha value is -1.63. The van der Waals surface area contributed by atoms with Gasteiger partial charge in [0.2, 0.25) is 0 Å². The molecule has 2 heterocycles. The maximum atomic E-state index is 11.7. The van der Waals surface area contributed by atoms with E-state index in [0.717, 1.165) is 5.56 Å². The highest BCUT2D eigenvalue weighted by molar-refractivity contribution is 7.07. The van der Waals surface area contributed by atoms with Crippen molar-refractivity contribution in [1.82, 2.24) is 4.98 Å².